The van der Waals surface area contributed by atoms with Crippen LogP contribution in [0.5, 0.6) is 0 Å². The molecule has 1 aliphatic carbocycles. The quantitative estimate of drug-likeness (QED) is 0.846. The van der Waals surface area contributed by atoms with Gasteiger partial charge in [-0.1, -0.05) is 12.5 Å². The van der Waals surface area contributed by atoms with Crippen LogP contribution in [0.25, 0.3) is 0 Å². The van der Waals surface area contributed by atoms with Gasteiger partial charge in [0.15, 0.2) is 0 Å². The fourth-order valence-electron chi connectivity index (χ4n) is 3.69. The molecule has 0 radical (unpaired) electrons. The van der Waals surface area contributed by atoms with Crippen molar-refractivity contribution < 1.29 is 18.0 Å². The van der Waals surface area contributed by atoms with Gasteiger partial charge in [-0.15, -0.1) is 12.4 Å². The molecule has 1 amide bonds. The van der Waals surface area contributed by atoms with Crippen LogP contribution in [0.3, 0.4) is 0 Å². The summed E-state index contributed by atoms with van der Waals surface area (Å²) >= 11 is 0. The third-order valence-corrected chi connectivity index (χ3v) is 4.88. The van der Waals surface area contributed by atoms with Crippen molar-refractivity contribution >= 4 is 18.3 Å². The van der Waals surface area contributed by atoms with Gasteiger partial charge in [-0.05, 0) is 42.9 Å². The van der Waals surface area contributed by atoms with Crippen molar-refractivity contribution in [1.82, 2.24) is 4.90 Å². The van der Waals surface area contributed by atoms with Crippen LogP contribution in [-0.2, 0) is 6.18 Å². The molecule has 1 aromatic carbocycles. The Labute approximate surface area is 139 Å². The monoisotopic (exact) mass is 348 g/mol. The first-order valence-corrected chi connectivity index (χ1v) is 7.58. The second kappa shape index (κ2) is 6.69. The maximum atomic E-state index is 12.8. The molecule has 23 heavy (non-hydrogen) atoms. The van der Waals surface area contributed by atoms with E-state index in [4.69, 9.17) is 5.73 Å². The van der Waals surface area contributed by atoms with E-state index in [1.165, 1.54) is 12.1 Å². The smallest absolute Gasteiger partial charge is 0.338 e. The molecule has 0 bridgehead atoms. The Hall–Kier alpha value is -1.27. The Balaban J connectivity index is 0.00000192. The number of benzene rings is 1. The number of rotatable bonds is 1. The van der Waals surface area contributed by atoms with Crippen LogP contribution in [0.4, 0.5) is 13.2 Å². The van der Waals surface area contributed by atoms with E-state index in [2.05, 4.69) is 0 Å². The standard InChI is InChI=1S/C16H19F3N2O.ClH/c17-16(18,19)12-5-1-3-10(7-12)15(22)21-8-11-4-2-6-14(20)13(11)9-21;/h1,3,5,7,11,13-14H,2,4,6,8-9,20H2;1H. The Morgan fingerprint density at radius 3 is 2.61 bits per heavy atom. The van der Waals surface area contributed by atoms with Crippen molar-refractivity contribution in [3.8, 4) is 0 Å². The first-order chi connectivity index (χ1) is 10.4. The Kier molecular flexibility index (Phi) is 5.26. The van der Waals surface area contributed by atoms with E-state index in [1.54, 1.807) is 4.90 Å². The number of hydrogen-bond donors (Lipinski definition) is 1. The second-order valence-electron chi connectivity index (χ2n) is 6.31. The summed E-state index contributed by atoms with van der Waals surface area (Å²) in [6, 6.07) is 4.74. The maximum absolute atomic E-state index is 12.8. The predicted molar refractivity (Wildman–Crippen MR) is 83.4 cm³/mol. The van der Waals surface area contributed by atoms with Gasteiger partial charge in [-0.2, -0.15) is 13.2 Å². The largest absolute Gasteiger partial charge is 0.416 e. The number of nitrogens with two attached hydrogens (primary N) is 1. The van der Waals surface area contributed by atoms with Gasteiger partial charge in [0.2, 0.25) is 0 Å². The minimum Gasteiger partial charge on any atom is -0.338 e. The van der Waals surface area contributed by atoms with Crippen molar-refractivity contribution in [2.24, 2.45) is 17.6 Å². The minimum atomic E-state index is -4.43. The van der Waals surface area contributed by atoms with Gasteiger partial charge >= 0.3 is 6.18 Å². The minimum absolute atomic E-state index is 0. The average Bonchev–Trinajstić information content (AvgIpc) is 2.91. The Morgan fingerprint density at radius 1 is 1.22 bits per heavy atom. The van der Waals surface area contributed by atoms with Gasteiger partial charge in [0.05, 0.1) is 5.56 Å². The molecule has 0 spiro atoms. The summed E-state index contributed by atoms with van der Waals surface area (Å²) in [5, 5.41) is 0. The summed E-state index contributed by atoms with van der Waals surface area (Å²) in [7, 11) is 0. The first-order valence-electron chi connectivity index (χ1n) is 7.58. The van der Waals surface area contributed by atoms with Crippen molar-refractivity contribution in [2.75, 3.05) is 13.1 Å². The van der Waals surface area contributed by atoms with Crippen LogP contribution in [0.15, 0.2) is 24.3 Å². The molecule has 3 unspecified atom stereocenters. The van der Waals surface area contributed by atoms with Gasteiger partial charge in [0.1, 0.15) is 0 Å². The molecule has 7 heteroatoms. The molecular weight excluding hydrogens is 329 g/mol. The van der Waals surface area contributed by atoms with Crippen LogP contribution >= 0.6 is 12.4 Å². The Bertz CT molecular complexity index is 579. The molecule has 2 fully saturated rings. The summed E-state index contributed by atoms with van der Waals surface area (Å²) in [4.78, 5) is 14.2. The lowest BCUT2D eigenvalue weighted by Gasteiger charge is -2.29. The molecule has 1 saturated carbocycles. The fourth-order valence-corrected chi connectivity index (χ4v) is 3.69. The molecule has 2 aliphatic rings. The number of alkyl halides is 3. The van der Waals surface area contributed by atoms with Gasteiger partial charge in [-0.25, -0.2) is 0 Å². The number of halogens is 4. The van der Waals surface area contributed by atoms with Crippen molar-refractivity contribution in [1.29, 1.82) is 0 Å². The van der Waals surface area contributed by atoms with Crippen LogP contribution in [0.2, 0.25) is 0 Å². The summed E-state index contributed by atoms with van der Waals surface area (Å²) < 4.78 is 38.3. The highest BCUT2D eigenvalue weighted by Gasteiger charge is 2.40. The number of nitrogens with zero attached hydrogens (tertiary/aromatic N) is 1. The lowest BCUT2D eigenvalue weighted by Crippen LogP contribution is -2.38. The van der Waals surface area contributed by atoms with Gasteiger partial charge in [0, 0.05) is 24.7 Å². The van der Waals surface area contributed by atoms with Gasteiger partial charge in [-0.3, -0.25) is 4.79 Å². The van der Waals surface area contributed by atoms with E-state index in [0.29, 0.717) is 19.0 Å². The number of hydrogen-bond acceptors (Lipinski definition) is 2. The third kappa shape index (κ3) is 3.63. The number of carbonyl (C=O) groups is 1. The van der Waals surface area contributed by atoms with Crippen LogP contribution in [0, 0.1) is 11.8 Å². The third-order valence-electron chi connectivity index (χ3n) is 4.88. The SMILES string of the molecule is Cl.NC1CCCC2CN(C(=O)c3cccc(C(F)(F)F)c3)CC12. The van der Waals surface area contributed by atoms with Crippen LogP contribution < -0.4 is 5.73 Å². The van der Waals surface area contributed by atoms with E-state index < -0.39 is 11.7 Å². The van der Waals surface area contributed by atoms with Crippen LogP contribution in [-0.4, -0.2) is 29.9 Å². The van der Waals surface area contributed by atoms with Crippen molar-refractivity contribution in [3.63, 3.8) is 0 Å². The van der Waals surface area contributed by atoms with Crippen molar-refractivity contribution in [3.05, 3.63) is 35.4 Å². The molecule has 0 aromatic heterocycles. The van der Waals surface area contributed by atoms with Crippen LogP contribution in [0.1, 0.15) is 35.2 Å². The number of likely N-dealkylation sites (tertiary alicyclic amines) is 1. The molecule has 3 atom stereocenters. The summed E-state index contributed by atoms with van der Waals surface area (Å²) in [5.41, 5.74) is 5.43. The maximum Gasteiger partial charge on any atom is 0.416 e. The predicted octanol–water partition coefficient (Wildman–Crippen LogP) is 3.33. The molecule has 1 aliphatic heterocycles. The summed E-state index contributed by atoms with van der Waals surface area (Å²) in [6.45, 7) is 1.16. The highest BCUT2D eigenvalue weighted by molar-refractivity contribution is 5.94. The van der Waals surface area contributed by atoms with E-state index >= 15 is 0 Å². The second-order valence-corrected chi connectivity index (χ2v) is 6.31. The van der Waals surface area contributed by atoms with E-state index in [1.807, 2.05) is 0 Å². The molecule has 3 nitrogen and oxygen atoms in total. The number of carbonyl (C=O) groups excluding carboxylic acids is 1. The highest BCUT2D eigenvalue weighted by Crippen LogP contribution is 2.36. The van der Waals surface area contributed by atoms with E-state index in [9.17, 15) is 18.0 Å². The fraction of sp³-hybridized carbons (Fsp3) is 0.562. The van der Waals surface area contributed by atoms with Gasteiger partial charge in [0.25, 0.3) is 5.91 Å². The first kappa shape index (κ1) is 18.1. The summed E-state index contributed by atoms with van der Waals surface area (Å²) in [5.74, 6) is 0.342. The van der Waals surface area contributed by atoms with Crippen molar-refractivity contribution in [2.45, 2.75) is 31.5 Å². The number of fused-ring (bicyclic) bond motifs is 1. The molecule has 1 aromatic rings. The zero-order valence-corrected chi connectivity index (χ0v) is 13.4. The van der Waals surface area contributed by atoms with E-state index in [-0.39, 0.29) is 35.8 Å². The molecule has 128 valence electrons. The van der Waals surface area contributed by atoms with Gasteiger partial charge < -0.3 is 10.6 Å². The highest BCUT2D eigenvalue weighted by atomic mass is 35.5. The lowest BCUT2D eigenvalue weighted by atomic mass is 9.78. The Morgan fingerprint density at radius 2 is 1.96 bits per heavy atom. The molecule has 3 rings (SSSR count). The van der Waals surface area contributed by atoms with E-state index in [0.717, 1.165) is 31.4 Å². The normalized spacial score (nSPS) is 27.3. The molecule has 1 heterocycles. The zero-order valence-electron chi connectivity index (χ0n) is 12.6. The summed E-state index contributed by atoms with van der Waals surface area (Å²) in [6.07, 6.45) is -1.36. The zero-order chi connectivity index (χ0) is 15.9. The molecule has 2 N–H and O–H groups in total. The number of amides is 1. The molecule has 1 saturated heterocycles. The molecular formula is C16H20ClF3N2O. The average molecular weight is 349 g/mol. The lowest BCUT2D eigenvalue weighted by molar-refractivity contribution is -0.137. The topological polar surface area (TPSA) is 46.3 Å².